The molecular weight excluding hydrogens is 302 g/mol. The molecule has 0 aliphatic carbocycles. The summed E-state index contributed by atoms with van der Waals surface area (Å²) < 4.78 is 7.34. The highest BCUT2D eigenvalue weighted by Gasteiger charge is 2.21. The molecule has 1 aliphatic rings. The first-order valence-corrected chi connectivity index (χ1v) is 8.17. The van der Waals surface area contributed by atoms with E-state index in [4.69, 9.17) is 16.3 Å². The number of rotatable bonds is 5. The van der Waals surface area contributed by atoms with Crippen LogP contribution in [-0.4, -0.2) is 40.5 Å². The third-order valence-electron chi connectivity index (χ3n) is 4.36. The second-order valence-corrected chi connectivity index (χ2v) is 6.18. The van der Waals surface area contributed by atoms with E-state index in [1.54, 1.807) is 7.11 Å². The van der Waals surface area contributed by atoms with Gasteiger partial charge in [0, 0.05) is 12.6 Å². The summed E-state index contributed by atoms with van der Waals surface area (Å²) in [4.78, 5) is 4.39. The normalized spacial score (nSPS) is 22.1. The zero-order valence-electron chi connectivity index (χ0n) is 12.8. The number of ether oxygens (including phenoxy) is 1. The molecule has 2 N–H and O–H groups in total. The molecular formula is C16H22ClN3O2. The number of aromatic nitrogens is 2. The fourth-order valence-corrected chi connectivity index (χ4v) is 3.49. The van der Waals surface area contributed by atoms with Gasteiger partial charge in [-0.25, -0.2) is 4.98 Å². The van der Waals surface area contributed by atoms with E-state index in [2.05, 4.69) is 14.9 Å². The molecule has 22 heavy (non-hydrogen) atoms. The van der Waals surface area contributed by atoms with Crippen molar-refractivity contribution in [1.82, 2.24) is 14.9 Å². The molecule has 1 aromatic heterocycles. The van der Waals surface area contributed by atoms with Gasteiger partial charge in [-0.2, -0.15) is 0 Å². The molecule has 6 heteroatoms. The molecule has 2 aromatic rings. The van der Waals surface area contributed by atoms with Crippen LogP contribution < -0.4 is 10.1 Å². The molecule has 0 saturated carbocycles. The molecule has 3 rings (SSSR count). The molecule has 1 aliphatic heterocycles. The van der Waals surface area contributed by atoms with Gasteiger partial charge in [0.25, 0.3) is 0 Å². The van der Waals surface area contributed by atoms with Gasteiger partial charge in [0.15, 0.2) is 0 Å². The third-order valence-corrected chi connectivity index (χ3v) is 4.73. The van der Waals surface area contributed by atoms with Gasteiger partial charge in [-0.05, 0) is 44.4 Å². The van der Waals surface area contributed by atoms with Gasteiger partial charge in [-0.1, -0.05) is 11.6 Å². The van der Waals surface area contributed by atoms with Crippen LogP contribution in [0, 0.1) is 0 Å². The van der Waals surface area contributed by atoms with Gasteiger partial charge in [0.05, 0.1) is 30.6 Å². The highest BCUT2D eigenvalue weighted by atomic mass is 35.5. The summed E-state index contributed by atoms with van der Waals surface area (Å²) in [5.41, 5.74) is 1.79. The lowest BCUT2D eigenvalue weighted by atomic mass is 9.97. The van der Waals surface area contributed by atoms with Crippen LogP contribution in [-0.2, 0) is 6.54 Å². The van der Waals surface area contributed by atoms with Crippen LogP contribution >= 0.6 is 11.6 Å². The number of imidazole rings is 1. The first-order valence-electron chi connectivity index (χ1n) is 7.79. The molecule has 0 radical (unpaired) electrons. The molecule has 0 bridgehead atoms. The molecule has 1 saturated heterocycles. The Morgan fingerprint density at radius 2 is 2.36 bits per heavy atom. The predicted octanol–water partition coefficient (Wildman–Crippen LogP) is 2.59. The average Bonchev–Trinajstić information content (AvgIpc) is 2.94. The fourth-order valence-electron chi connectivity index (χ4n) is 3.14. The summed E-state index contributed by atoms with van der Waals surface area (Å²) in [6.07, 6.45) is 5.46. The molecule has 0 amide bonds. The minimum absolute atomic E-state index is 0.202. The number of methoxy groups -OCH3 is 1. The Balaban J connectivity index is 1.69. The number of hydrogen-bond acceptors (Lipinski definition) is 4. The van der Waals surface area contributed by atoms with E-state index in [0.717, 1.165) is 49.8 Å². The monoisotopic (exact) mass is 323 g/mol. The zero-order valence-corrected chi connectivity index (χ0v) is 13.5. The topological polar surface area (TPSA) is 59.3 Å². The van der Waals surface area contributed by atoms with E-state index in [0.29, 0.717) is 10.8 Å². The van der Waals surface area contributed by atoms with E-state index < -0.39 is 0 Å². The van der Waals surface area contributed by atoms with Crippen molar-refractivity contribution < 1.29 is 9.84 Å². The maximum absolute atomic E-state index is 9.99. The Kier molecular flexibility index (Phi) is 4.86. The number of hydrogen-bond donors (Lipinski definition) is 2. The molecule has 2 heterocycles. The molecule has 2 atom stereocenters. The molecule has 1 aromatic carbocycles. The standard InChI is InChI=1S/C16H22ClN3O2/c1-22-14-7-6-12-16(15(14)17)20(10-19-12)9-3-4-11-13(21)5-2-8-18-11/h6-7,10-11,13,18,21H,2-5,8-9H2,1H3/t11-,13+/m1/s1. The maximum atomic E-state index is 9.99. The summed E-state index contributed by atoms with van der Waals surface area (Å²) >= 11 is 6.40. The Hall–Kier alpha value is -1.30. The van der Waals surface area contributed by atoms with Crippen molar-refractivity contribution in [3.63, 3.8) is 0 Å². The van der Waals surface area contributed by atoms with Crippen molar-refractivity contribution in [3.8, 4) is 5.75 Å². The third kappa shape index (κ3) is 3.07. The Bertz CT molecular complexity index is 644. The predicted molar refractivity (Wildman–Crippen MR) is 87.6 cm³/mol. The van der Waals surface area contributed by atoms with E-state index in [-0.39, 0.29) is 12.1 Å². The smallest absolute Gasteiger partial charge is 0.139 e. The number of aryl methyl sites for hydroxylation is 1. The van der Waals surface area contributed by atoms with Crippen LogP contribution in [0.3, 0.4) is 0 Å². The van der Waals surface area contributed by atoms with Crippen LogP contribution in [0.25, 0.3) is 11.0 Å². The van der Waals surface area contributed by atoms with E-state index in [1.807, 2.05) is 18.5 Å². The van der Waals surface area contributed by atoms with Crippen molar-refractivity contribution in [2.24, 2.45) is 0 Å². The van der Waals surface area contributed by atoms with Crippen LogP contribution in [0.5, 0.6) is 5.75 Å². The second-order valence-electron chi connectivity index (χ2n) is 5.80. The molecule has 1 fully saturated rings. The molecule has 0 unspecified atom stereocenters. The minimum Gasteiger partial charge on any atom is -0.495 e. The number of piperidine rings is 1. The lowest BCUT2D eigenvalue weighted by Crippen LogP contribution is -2.44. The summed E-state index contributed by atoms with van der Waals surface area (Å²) in [5.74, 6) is 0.667. The number of aliphatic hydroxyl groups is 1. The lowest BCUT2D eigenvalue weighted by molar-refractivity contribution is 0.0909. The Morgan fingerprint density at radius 1 is 1.50 bits per heavy atom. The SMILES string of the molecule is COc1ccc2ncn(CCC[C@H]3NCCC[C@@H]3O)c2c1Cl. The summed E-state index contributed by atoms with van der Waals surface area (Å²) in [5, 5.41) is 14.0. The minimum atomic E-state index is -0.225. The summed E-state index contributed by atoms with van der Waals surface area (Å²) in [6.45, 7) is 1.83. The summed E-state index contributed by atoms with van der Waals surface area (Å²) in [7, 11) is 1.61. The van der Waals surface area contributed by atoms with Gasteiger partial charge < -0.3 is 19.7 Å². The van der Waals surface area contributed by atoms with Gasteiger partial charge >= 0.3 is 0 Å². The van der Waals surface area contributed by atoms with Gasteiger partial charge in [0.2, 0.25) is 0 Å². The number of aliphatic hydroxyl groups excluding tert-OH is 1. The van der Waals surface area contributed by atoms with Crippen LogP contribution in [0.2, 0.25) is 5.02 Å². The first kappa shape index (κ1) is 15.6. The number of benzene rings is 1. The number of nitrogens with one attached hydrogen (secondary N) is 1. The first-order chi connectivity index (χ1) is 10.7. The van der Waals surface area contributed by atoms with Crippen molar-refractivity contribution in [1.29, 1.82) is 0 Å². The van der Waals surface area contributed by atoms with Crippen LogP contribution in [0.1, 0.15) is 25.7 Å². The second kappa shape index (κ2) is 6.86. The van der Waals surface area contributed by atoms with Crippen molar-refractivity contribution in [3.05, 3.63) is 23.5 Å². The van der Waals surface area contributed by atoms with Gasteiger partial charge in [0.1, 0.15) is 10.8 Å². The highest BCUT2D eigenvalue weighted by Crippen LogP contribution is 2.32. The Labute approximate surface area is 135 Å². The van der Waals surface area contributed by atoms with Crippen molar-refractivity contribution in [2.75, 3.05) is 13.7 Å². The van der Waals surface area contributed by atoms with Gasteiger partial charge in [-0.15, -0.1) is 0 Å². The summed E-state index contributed by atoms with van der Waals surface area (Å²) in [6, 6.07) is 3.96. The van der Waals surface area contributed by atoms with E-state index in [1.165, 1.54) is 0 Å². The quantitative estimate of drug-likeness (QED) is 0.888. The Morgan fingerprint density at radius 3 is 3.14 bits per heavy atom. The maximum Gasteiger partial charge on any atom is 0.139 e. The molecule has 0 spiro atoms. The fraction of sp³-hybridized carbons (Fsp3) is 0.562. The van der Waals surface area contributed by atoms with Crippen LogP contribution in [0.15, 0.2) is 18.5 Å². The average molecular weight is 324 g/mol. The van der Waals surface area contributed by atoms with Crippen LogP contribution in [0.4, 0.5) is 0 Å². The number of halogens is 1. The lowest BCUT2D eigenvalue weighted by Gasteiger charge is -2.29. The van der Waals surface area contributed by atoms with Gasteiger partial charge in [-0.3, -0.25) is 0 Å². The zero-order chi connectivity index (χ0) is 15.5. The van der Waals surface area contributed by atoms with Crippen molar-refractivity contribution >= 4 is 22.6 Å². The number of nitrogens with zero attached hydrogens (tertiary/aromatic N) is 2. The van der Waals surface area contributed by atoms with E-state index >= 15 is 0 Å². The molecule has 5 nitrogen and oxygen atoms in total. The highest BCUT2D eigenvalue weighted by molar-refractivity contribution is 6.36. The number of fused-ring (bicyclic) bond motifs is 1. The largest absolute Gasteiger partial charge is 0.495 e. The molecule has 120 valence electrons. The van der Waals surface area contributed by atoms with Crippen molar-refractivity contribution in [2.45, 2.75) is 44.4 Å². The van der Waals surface area contributed by atoms with E-state index in [9.17, 15) is 5.11 Å².